The van der Waals surface area contributed by atoms with Crippen molar-refractivity contribution in [2.45, 2.75) is 19.4 Å². The van der Waals surface area contributed by atoms with E-state index in [9.17, 15) is 9.59 Å². The highest BCUT2D eigenvalue weighted by Gasteiger charge is 2.29. The van der Waals surface area contributed by atoms with Gasteiger partial charge in [0.25, 0.3) is 11.9 Å². The molecule has 7 nitrogen and oxygen atoms in total. The zero-order valence-corrected chi connectivity index (χ0v) is 15.2. The number of aromatic nitrogens is 3. The van der Waals surface area contributed by atoms with E-state index < -0.39 is 0 Å². The smallest absolute Gasteiger partial charge is 0.258 e. The third kappa shape index (κ3) is 3.54. The normalized spacial score (nSPS) is 15.8. The fourth-order valence-corrected chi connectivity index (χ4v) is 3.07. The molecule has 27 heavy (non-hydrogen) atoms. The Morgan fingerprint density at radius 1 is 1.19 bits per heavy atom. The van der Waals surface area contributed by atoms with E-state index >= 15 is 0 Å². The molecule has 0 fully saturated rings. The first-order valence-electron chi connectivity index (χ1n) is 8.39. The first-order chi connectivity index (χ1) is 13.0. The number of amides is 2. The molecule has 0 radical (unpaired) electrons. The molecular formula is C19H16ClN5O2. The van der Waals surface area contributed by atoms with E-state index in [4.69, 9.17) is 11.6 Å². The summed E-state index contributed by atoms with van der Waals surface area (Å²) in [4.78, 5) is 28.7. The second-order valence-electron chi connectivity index (χ2n) is 6.34. The van der Waals surface area contributed by atoms with Gasteiger partial charge in [-0.05, 0) is 36.8 Å². The zero-order valence-electron chi connectivity index (χ0n) is 14.4. The topological polar surface area (TPSA) is 88.9 Å². The first kappa shape index (κ1) is 17.2. The summed E-state index contributed by atoms with van der Waals surface area (Å²) in [5.41, 5.74) is 2.46. The van der Waals surface area contributed by atoms with E-state index in [0.29, 0.717) is 16.5 Å². The molecule has 1 atom stereocenters. The van der Waals surface area contributed by atoms with E-state index in [1.165, 1.54) is 0 Å². The maximum Gasteiger partial charge on any atom is 0.258 e. The number of nitrogens with one attached hydrogen (secondary N) is 2. The molecule has 0 aliphatic carbocycles. The first-order valence-corrected chi connectivity index (χ1v) is 8.77. The molecule has 0 spiro atoms. The van der Waals surface area contributed by atoms with Crippen LogP contribution < -0.4 is 10.6 Å². The predicted octanol–water partition coefficient (Wildman–Crippen LogP) is 3.42. The highest BCUT2D eigenvalue weighted by atomic mass is 35.5. The fourth-order valence-electron chi connectivity index (χ4n) is 2.94. The van der Waals surface area contributed by atoms with Crippen LogP contribution >= 0.6 is 11.6 Å². The van der Waals surface area contributed by atoms with Crippen LogP contribution in [0.3, 0.4) is 0 Å². The van der Waals surface area contributed by atoms with E-state index in [1.54, 1.807) is 28.9 Å². The van der Waals surface area contributed by atoms with E-state index in [-0.39, 0.29) is 30.2 Å². The molecule has 136 valence electrons. The number of halogens is 1. The fraction of sp³-hybridized carbons (Fsp3) is 0.158. The lowest BCUT2D eigenvalue weighted by Crippen LogP contribution is -2.29. The Bertz CT molecular complexity index is 1010. The number of benzene rings is 2. The molecule has 0 unspecified atom stereocenters. The Labute approximate surface area is 160 Å². The average molecular weight is 382 g/mol. The minimum Gasteiger partial charge on any atom is -0.295 e. The Morgan fingerprint density at radius 3 is 2.59 bits per heavy atom. The minimum atomic E-state index is -0.316. The number of fused-ring (bicyclic) bond motifs is 1. The van der Waals surface area contributed by atoms with Crippen molar-refractivity contribution in [1.29, 1.82) is 0 Å². The van der Waals surface area contributed by atoms with Crippen molar-refractivity contribution < 1.29 is 9.59 Å². The molecule has 0 saturated carbocycles. The summed E-state index contributed by atoms with van der Waals surface area (Å²) < 4.78 is 1.61. The van der Waals surface area contributed by atoms with E-state index in [2.05, 4.69) is 20.7 Å². The van der Waals surface area contributed by atoms with Crippen LogP contribution in [-0.2, 0) is 4.79 Å². The molecule has 1 aliphatic heterocycles. The largest absolute Gasteiger partial charge is 0.295 e. The maximum absolute atomic E-state index is 12.4. The molecular weight excluding hydrogens is 366 g/mol. The van der Waals surface area contributed by atoms with Crippen LogP contribution in [0, 0.1) is 6.92 Å². The molecule has 2 amide bonds. The van der Waals surface area contributed by atoms with E-state index in [1.807, 2.05) is 31.2 Å². The van der Waals surface area contributed by atoms with Crippen LogP contribution in [0.25, 0.3) is 0 Å². The monoisotopic (exact) mass is 381 g/mol. The van der Waals surface area contributed by atoms with Gasteiger partial charge in [0.1, 0.15) is 0 Å². The van der Waals surface area contributed by atoms with Crippen LogP contribution in [0.1, 0.15) is 33.9 Å². The summed E-state index contributed by atoms with van der Waals surface area (Å²) in [6.45, 7) is 1.95. The third-order valence-electron chi connectivity index (χ3n) is 4.35. The Kier molecular flexibility index (Phi) is 4.37. The molecule has 2 N–H and O–H groups in total. The summed E-state index contributed by atoms with van der Waals surface area (Å²) in [6, 6.07) is 14.1. The molecule has 4 rings (SSSR count). The lowest BCUT2D eigenvalue weighted by Gasteiger charge is -2.23. The van der Waals surface area contributed by atoms with Gasteiger partial charge >= 0.3 is 0 Å². The maximum atomic E-state index is 12.4. The van der Waals surface area contributed by atoms with Gasteiger partial charge in [-0.3, -0.25) is 20.2 Å². The quantitative estimate of drug-likeness (QED) is 0.727. The van der Waals surface area contributed by atoms with Gasteiger partial charge in [0, 0.05) is 10.6 Å². The summed E-state index contributed by atoms with van der Waals surface area (Å²) in [5, 5.41) is 10.4. The standard InChI is InChI=1S/C19H16ClN5O2/c1-11-2-4-13(5-3-11)17(27)22-18-23-19-21-16(26)10-15(25(19)24-18)12-6-8-14(20)9-7-12/h2-9,15H,10H2,1H3,(H2,21,22,23,24,26,27)/t15-/m0/s1. The average Bonchev–Trinajstić information content (AvgIpc) is 3.04. The minimum absolute atomic E-state index is 0.136. The summed E-state index contributed by atoms with van der Waals surface area (Å²) in [5.74, 6) is -0.0410. The molecule has 0 saturated heterocycles. The highest BCUT2D eigenvalue weighted by molar-refractivity contribution is 6.30. The summed E-state index contributed by atoms with van der Waals surface area (Å²) in [6.07, 6.45) is 0.226. The van der Waals surface area contributed by atoms with Gasteiger partial charge in [-0.2, -0.15) is 4.98 Å². The van der Waals surface area contributed by atoms with Crippen molar-refractivity contribution >= 4 is 35.3 Å². The number of nitrogens with zero attached hydrogens (tertiary/aromatic N) is 3. The predicted molar refractivity (Wildman–Crippen MR) is 102 cm³/mol. The SMILES string of the molecule is Cc1ccc(C(=O)Nc2nc3n(n2)[C@H](c2ccc(Cl)cc2)CC(=O)N3)cc1. The van der Waals surface area contributed by atoms with Crippen molar-refractivity contribution in [1.82, 2.24) is 14.8 Å². The Balaban J connectivity index is 1.61. The van der Waals surface area contributed by atoms with Gasteiger partial charge in [-0.15, -0.1) is 5.10 Å². The molecule has 0 bridgehead atoms. The van der Waals surface area contributed by atoms with Crippen LogP contribution in [0.2, 0.25) is 5.02 Å². The molecule has 3 aromatic rings. The van der Waals surface area contributed by atoms with Gasteiger partial charge in [-0.25, -0.2) is 4.68 Å². The van der Waals surface area contributed by atoms with Crippen molar-refractivity contribution in [3.63, 3.8) is 0 Å². The van der Waals surface area contributed by atoms with E-state index in [0.717, 1.165) is 11.1 Å². The number of anilines is 2. The second-order valence-corrected chi connectivity index (χ2v) is 6.78. The van der Waals surface area contributed by atoms with Crippen LogP contribution in [0.15, 0.2) is 48.5 Å². The van der Waals surface area contributed by atoms with Crippen molar-refractivity contribution in [3.05, 3.63) is 70.2 Å². The van der Waals surface area contributed by atoms with Crippen LogP contribution in [0.5, 0.6) is 0 Å². The lowest BCUT2D eigenvalue weighted by atomic mass is 10.0. The van der Waals surface area contributed by atoms with Crippen LogP contribution in [0.4, 0.5) is 11.9 Å². The van der Waals surface area contributed by atoms with Crippen molar-refractivity contribution in [2.24, 2.45) is 0 Å². The van der Waals surface area contributed by atoms with Crippen molar-refractivity contribution in [2.75, 3.05) is 10.6 Å². The summed E-state index contributed by atoms with van der Waals surface area (Å²) >= 11 is 5.95. The number of hydrogen-bond acceptors (Lipinski definition) is 4. The lowest BCUT2D eigenvalue weighted by molar-refractivity contribution is -0.117. The number of hydrogen-bond donors (Lipinski definition) is 2. The number of carbonyl (C=O) groups excluding carboxylic acids is 2. The molecule has 2 aromatic carbocycles. The number of carbonyl (C=O) groups is 2. The molecule has 1 aromatic heterocycles. The molecule has 8 heteroatoms. The van der Waals surface area contributed by atoms with Gasteiger partial charge in [0.15, 0.2) is 0 Å². The summed E-state index contributed by atoms with van der Waals surface area (Å²) in [7, 11) is 0. The van der Waals surface area contributed by atoms with Crippen LogP contribution in [-0.4, -0.2) is 26.6 Å². The van der Waals surface area contributed by atoms with Gasteiger partial charge in [-0.1, -0.05) is 41.4 Å². The Morgan fingerprint density at radius 2 is 1.89 bits per heavy atom. The molecule has 2 heterocycles. The zero-order chi connectivity index (χ0) is 19.0. The highest BCUT2D eigenvalue weighted by Crippen LogP contribution is 2.30. The second kappa shape index (κ2) is 6.85. The number of aryl methyl sites for hydroxylation is 1. The third-order valence-corrected chi connectivity index (χ3v) is 4.60. The van der Waals surface area contributed by atoms with Gasteiger partial charge in [0.2, 0.25) is 11.9 Å². The van der Waals surface area contributed by atoms with Gasteiger partial charge in [0.05, 0.1) is 12.5 Å². The molecule has 1 aliphatic rings. The number of rotatable bonds is 3. The van der Waals surface area contributed by atoms with Crippen molar-refractivity contribution in [3.8, 4) is 0 Å². The Hall–Kier alpha value is -3.19. The van der Waals surface area contributed by atoms with Gasteiger partial charge < -0.3 is 0 Å².